The first-order valence-electron chi connectivity index (χ1n) is 12.9. The van der Waals surface area contributed by atoms with E-state index in [0.717, 1.165) is 5.56 Å². The number of fused-ring (bicyclic) bond motifs is 1. The van der Waals surface area contributed by atoms with E-state index in [4.69, 9.17) is 9.47 Å². The number of ether oxygens (including phenoxy) is 2. The molecule has 0 saturated heterocycles. The predicted octanol–water partition coefficient (Wildman–Crippen LogP) is 5.16. The normalized spacial score (nSPS) is 11.1. The van der Waals surface area contributed by atoms with Crippen molar-refractivity contribution in [3.05, 3.63) is 96.8 Å². The highest BCUT2D eigenvalue weighted by Crippen LogP contribution is 2.31. The van der Waals surface area contributed by atoms with Gasteiger partial charge in [0.1, 0.15) is 11.5 Å². The topological polar surface area (TPSA) is 144 Å². The summed E-state index contributed by atoms with van der Waals surface area (Å²) in [6.07, 6.45) is 4.10. The lowest BCUT2D eigenvalue weighted by Gasteiger charge is -2.15. The minimum absolute atomic E-state index is 0.0126. The van der Waals surface area contributed by atoms with Gasteiger partial charge in [-0.05, 0) is 48.4 Å². The smallest absolute Gasteiger partial charge is 0.263 e. The molecular formula is C30H28N6O5S. The average Bonchev–Trinajstić information content (AvgIpc) is 3.00. The van der Waals surface area contributed by atoms with E-state index in [1.54, 1.807) is 60.9 Å². The van der Waals surface area contributed by atoms with Crippen LogP contribution in [0.15, 0.2) is 96.2 Å². The van der Waals surface area contributed by atoms with E-state index in [1.807, 2.05) is 18.2 Å². The number of para-hydroxylation sites is 2. The molecule has 11 nitrogen and oxygen atoms in total. The molecule has 2 aromatic heterocycles. The van der Waals surface area contributed by atoms with Gasteiger partial charge in [0.2, 0.25) is 5.91 Å². The van der Waals surface area contributed by atoms with Gasteiger partial charge in [-0.15, -0.1) is 0 Å². The van der Waals surface area contributed by atoms with Gasteiger partial charge < -0.3 is 20.1 Å². The zero-order valence-electron chi connectivity index (χ0n) is 22.9. The second-order valence-electron chi connectivity index (χ2n) is 9.18. The van der Waals surface area contributed by atoms with Crippen LogP contribution in [-0.4, -0.2) is 43.5 Å². The van der Waals surface area contributed by atoms with Crippen molar-refractivity contribution in [2.75, 3.05) is 29.6 Å². The number of benzene rings is 3. The molecule has 0 atom stereocenters. The van der Waals surface area contributed by atoms with Crippen molar-refractivity contribution < 1.29 is 22.7 Å². The molecular weight excluding hydrogens is 556 g/mol. The summed E-state index contributed by atoms with van der Waals surface area (Å²) >= 11 is 0. The molecule has 0 aliphatic rings. The van der Waals surface area contributed by atoms with Gasteiger partial charge in [0.15, 0.2) is 11.6 Å². The fourth-order valence-corrected chi connectivity index (χ4v) is 5.18. The van der Waals surface area contributed by atoms with Crippen LogP contribution >= 0.6 is 0 Å². The number of aryl methyl sites for hydroxylation is 1. The van der Waals surface area contributed by atoms with Gasteiger partial charge >= 0.3 is 0 Å². The molecule has 0 saturated carbocycles. The average molecular weight is 585 g/mol. The maximum absolute atomic E-state index is 13.5. The Balaban J connectivity index is 1.40. The van der Waals surface area contributed by atoms with E-state index in [1.165, 1.54) is 26.4 Å². The highest BCUT2D eigenvalue weighted by atomic mass is 32.2. The van der Waals surface area contributed by atoms with Crippen molar-refractivity contribution in [1.82, 2.24) is 15.0 Å². The van der Waals surface area contributed by atoms with Gasteiger partial charge in [-0.25, -0.2) is 18.4 Å². The second-order valence-corrected chi connectivity index (χ2v) is 10.9. The standard InChI is InChI=1S/C30H28N6O5S/c1-40-23-15-22(16-24(18-23)41-2)33-29-30(35-27-11-4-3-10-26(27)34-29)36-42(38,39)25-9-5-8-21(17-25)32-28(37)13-12-20-7-6-14-31-19-20/h3-11,14-19H,12-13H2,1-2H3,(H,32,37)(H,33,34)(H,35,36). The molecule has 42 heavy (non-hydrogen) atoms. The minimum Gasteiger partial charge on any atom is -0.497 e. The highest BCUT2D eigenvalue weighted by Gasteiger charge is 2.20. The molecule has 5 aromatic rings. The van der Waals surface area contributed by atoms with Gasteiger partial charge in [0.05, 0.1) is 30.1 Å². The predicted molar refractivity (Wildman–Crippen MR) is 161 cm³/mol. The van der Waals surface area contributed by atoms with Gasteiger partial charge in [-0.1, -0.05) is 24.3 Å². The Hall–Kier alpha value is -5.23. The molecule has 0 fully saturated rings. The number of nitrogens with zero attached hydrogens (tertiary/aromatic N) is 3. The van der Waals surface area contributed by atoms with E-state index >= 15 is 0 Å². The van der Waals surface area contributed by atoms with Crippen LogP contribution in [-0.2, 0) is 21.2 Å². The van der Waals surface area contributed by atoms with Gasteiger partial charge in [-0.2, -0.15) is 0 Å². The lowest BCUT2D eigenvalue weighted by molar-refractivity contribution is -0.116. The van der Waals surface area contributed by atoms with E-state index in [-0.39, 0.29) is 28.9 Å². The first kappa shape index (κ1) is 28.3. The molecule has 214 valence electrons. The Kier molecular flexibility index (Phi) is 8.44. The lowest BCUT2D eigenvalue weighted by atomic mass is 10.1. The van der Waals surface area contributed by atoms with Crippen molar-refractivity contribution in [2.24, 2.45) is 0 Å². The zero-order chi connectivity index (χ0) is 29.5. The number of sulfonamides is 1. The van der Waals surface area contributed by atoms with E-state index in [9.17, 15) is 13.2 Å². The number of rotatable bonds is 11. The monoisotopic (exact) mass is 584 g/mol. The van der Waals surface area contributed by atoms with Gasteiger partial charge in [0, 0.05) is 48.4 Å². The first-order chi connectivity index (χ1) is 20.3. The summed E-state index contributed by atoms with van der Waals surface area (Å²) in [6.45, 7) is 0. The van der Waals surface area contributed by atoms with Crippen LogP contribution in [0.1, 0.15) is 12.0 Å². The maximum atomic E-state index is 13.5. The molecule has 0 spiro atoms. The maximum Gasteiger partial charge on any atom is 0.263 e. The molecule has 0 radical (unpaired) electrons. The molecule has 1 amide bonds. The molecule has 2 heterocycles. The molecule has 12 heteroatoms. The van der Waals surface area contributed by atoms with Crippen molar-refractivity contribution >= 4 is 50.0 Å². The Morgan fingerprint density at radius 2 is 1.52 bits per heavy atom. The summed E-state index contributed by atoms with van der Waals surface area (Å²) in [5.74, 6) is 0.981. The summed E-state index contributed by atoms with van der Waals surface area (Å²) in [6, 6.07) is 22.0. The number of pyridine rings is 1. The van der Waals surface area contributed by atoms with Crippen LogP contribution in [0, 0.1) is 0 Å². The highest BCUT2D eigenvalue weighted by molar-refractivity contribution is 7.92. The third kappa shape index (κ3) is 6.91. The second kappa shape index (κ2) is 12.5. The quantitative estimate of drug-likeness (QED) is 0.192. The number of anilines is 4. The first-order valence-corrected chi connectivity index (χ1v) is 14.4. The van der Waals surface area contributed by atoms with Crippen LogP contribution in [0.5, 0.6) is 11.5 Å². The molecule has 5 rings (SSSR count). The third-order valence-corrected chi connectivity index (χ3v) is 7.54. The summed E-state index contributed by atoms with van der Waals surface area (Å²) in [4.78, 5) is 25.7. The summed E-state index contributed by atoms with van der Waals surface area (Å²) in [7, 11) is -1.07. The molecule has 0 aliphatic carbocycles. The summed E-state index contributed by atoms with van der Waals surface area (Å²) in [5, 5.41) is 5.89. The number of amides is 1. The Labute approximate surface area is 243 Å². The van der Waals surface area contributed by atoms with Crippen LogP contribution in [0.3, 0.4) is 0 Å². The Morgan fingerprint density at radius 1 is 0.810 bits per heavy atom. The van der Waals surface area contributed by atoms with E-state index in [0.29, 0.717) is 40.3 Å². The van der Waals surface area contributed by atoms with Crippen molar-refractivity contribution in [3.63, 3.8) is 0 Å². The van der Waals surface area contributed by atoms with Gasteiger partial charge in [-0.3, -0.25) is 14.5 Å². The largest absolute Gasteiger partial charge is 0.497 e. The minimum atomic E-state index is -4.14. The summed E-state index contributed by atoms with van der Waals surface area (Å²) < 4.78 is 40.3. The van der Waals surface area contributed by atoms with Crippen molar-refractivity contribution in [2.45, 2.75) is 17.7 Å². The fraction of sp³-hybridized carbons (Fsp3) is 0.133. The number of carbonyl (C=O) groups is 1. The van der Waals surface area contributed by atoms with Gasteiger partial charge in [0.25, 0.3) is 10.0 Å². The fourth-order valence-electron chi connectivity index (χ4n) is 4.13. The SMILES string of the molecule is COc1cc(Nc2nc3ccccc3nc2NS(=O)(=O)c2cccc(NC(=O)CCc3cccnc3)c2)cc(OC)c1. The van der Waals surface area contributed by atoms with E-state index < -0.39 is 10.0 Å². The van der Waals surface area contributed by atoms with Crippen LogP contribution < -0.4 is 24.8 Å². The molecule has 0 bridgehead atoms. The molecule has 0 aliphatic heterocycles. The van der Waals surface area contributed by atoms with E-state index in [2.05, 4.69) is 30.3 Å². The van der Waals surface area contributed by atoms with Crippen LogP contribution in [0.2, 0.25) is 0 Å². The zero-order valence-corrected chi connectivity index (χ0v) is 23.7. The number of hydrogen-bond donors (Lipinski definition) is 3. The lowest BCUT2D eigenvalue weighted by Crippen LogP contribution is -2.17. The number of carbonyl (C=O) groups excluding carboxylic acids is 1. The molecule has 3 N–H and O–H groups in total. The van der Waals surface area contributed by atoms with Crippen LogP contribution in [0.4, 0.5) is 23.0 Å². The number of nitrogens with one attached hydrogen (secondary N) is 3. The number of methoxy groups -OCH3 is 2. The van der Waals surface area contributed by atoms with Crippen LogP contribution in [0.25, 0.3) is 11.0 Å². The number of aromatic nitrogens is 3. The third-order valence-electron chi connectivity index (χ3n) is 6.21. The number of hydrogen-bond acceptors (Lipinski definition) is 9. The molecule has 3 aromatic carbocycles. The van der Waals surface area contributed by atoms with Crippen molar-refractivity contribution in [1.29, 1.82) is 0 Å². The summed E-state index contributed by atoms with van der Waals surface area (Å²) in [5.41, 5.74) is 2.89. The van der Waals surface area contributed by atoms with Crippen molar-refractivity contribution in [3.8, 4) is 11.5 Å². The Bertz CT molecular complexity index is 1810. The Morgan fingerprint density at radius 3 is 2.19 bits per heavy atom. The molecule has 0 unspecified atom stereocenters.